The van der Waals surface area contributed by atoms with Crippen molar-refractivity contribution >= 4 is 21.6 Å². The fraction of sp³-hybridized carbons (Fsp3) is 0.500. The molecule has 1 aliphatic heterocycles. The molecule has 1 aromatic carbocycles. The minimum absolute atomic E-state index is 0.310. The first kappa shape index (κ1) is 11.0. The van der Waals surface area contributed by atoms with E-state index in [0.717, 1.165) is 24.0 Å². The van der Waals surface area contributed by atoms with Crippen LogP contribution in [0.25, 0.3) is 0 Å². The zero-order valence-electron chi connectivity index (χ0n) is 8.69. The van der Waals surface area contributed by atoms with Gasteiger partial charge >= 0.3 is 0 Å². The summed E-state index contributed by atoms with van der Waals surface area (Å²) < 4.78 is 1.12. The van der Waals surface area contributed by atoms with Crippen LogP contribution in [0.2, 0.25) is 0 Å². The highest BCUT2D eigenvalue weighted by atomic mass is 79.9. The Morgan fingerprint density at radius 1 is 1.47 bits per heavy atom. The van der Waals surface area contributed by atoms with Gasteiger partial charge in [-0.15, -0.1) is 0 Å². The van der Waals surface area contributed by atoms with E-state index < -0.39 is 0 Å². The van der Waals surface area contributed by atoms with Crippen LogP contribution in [0.4, 0.5) is 5.69 Å². The number of halogens is 1. The first-order valence-corrected chi connectivity index (χ1v) is 6.20. The van der Waals surface area contributed by atoms with Crippen LogP contribution in [0.1, 0.15) is 12.8 Å². The highest BCUT2D eigenvalue weighted by Gasteiger charge is 2.19. The lowest BCUT2D eigenvalue weighted by Gasteiger charge is -2.33. The fourth-order valence-corrected chi connectivity index (χ4v) is 2.51. The van der Waals surface area contributed by atoms with Crippen LogP contribution in [0.5, 0.6) is 0 Å². The van der Waals surface area contributed by atoms with Crippen molar-refractivity contribution in [1.82, 2.24) is 0 Å². The molecule has 1 heterocycles. The molecule has 3 heteroatoms. The van der Waals surface area contributed by atoms with Crippen molar-refractivity contribution in [3.05, 3.63) is 28.7 Å². The Bertz CT molecular complexity index is 329. The average molecular weight is 270 g/mol. The van der Waals surface area contributed by atoms with Gasteiger partial charge in [0.1, 0.15) is 0 Å². The summed E-state index contributed by atoms with van der Waals surface area (Å²) in [6, 6.07) is 8.36. The zero-order valence-corrected chi connectivity index (χ0v) is 10.3. The third-order valence-electron chi connectivity index (χ3n) is 2.95. The molecule has 0 aromatic heterocycles. The molecule has 0 bridgehead atoms. The predicted octanol–water partition coefficient (Wildman–Crippen LogP) is 2.66. The molecule has 1 N–H and O–H groups in total. The van der Waals surface area contributed by atoms with Gasteiger partial charge in [0, 0.05) is 29.9 Å². The third-order valence-corrected chi connectivity index (χ3v) is 3.44. The monoisotopic (exact) mass is 269 g/mol. The molecule has 1 aliphatic rings. The van der Waals surface area contributed by atoms with Crippen LogP contribution in [-0.4, -0.2) is 24.8 Å². The van der Waals surface area contributed by atoms with Crippen molar-refractivity contribution in [2.45, 2.75) is 12.8 Å². The Hall–Kier alpha value is -0.540. The molecule has 1 saturated heterocycles. The van der Waals surface area contributed by atoms with E-state index in [2.05, 4.69) is 39.0 Å². The van der Waals surface area contributed by atoms with Gasteiger partial charge in [-0.3, -0.25) is 0 Å². The number of hydrogen-bond donors (Lipinski definition) is 1. The lowest BCUT2D eigenvalue weighted by Crippen LogP contribution is -2.36. The molecule has 0 radical (unpaired) electrons. The fourth-order valence-electron chi connectivity index (χ4n) is 2.12. The van der Waals surface area contributed by atoms with E-state index in [4.69, 9.17) is 0 Å². The maximum absolute atomic E-state index is 9.17. The Morgan fingerprint density at radius 2 is 2.33 bits per heavy atom. The molecule has 0 aliphatic carbocycles. The summed E-state index contributed by atoms with van der Waals surface area (Å²) in [5, 5.41) is 9.17. The Kier molecular flexibility index (Phi) is 3.65. The molecule has 1 atom stereocenters. The molecule has 1 aromatic rings. The maximum Gasteiger partial charge on any atom is 0.0476 e. The molecule has 15 heavy (non-hydrogen) atoms. The van der Waals surface area contributed by atoms with Gasteiger partial charge < -0.3 is 10.0 Å². The minimum atomic E-state index is 0.310. The third kappa shape index (κ3) is 2.73. The summed E-state index contributed by atoms with van der Waals surface area (Å²) >= 11 is 3.48. The number of rotatable bonds is 2. The molecule has 2 rings (SSSR count). The second-order valence-electron chi connectivity index (χ2n) is 4.12. The standard InChI is InChI=1S/C12H16BrNO/c13-11-4-1-5-12(7-11)14-6-2-3-10(8-14)9-15/h1,4-5,7,10,15H,2-3,6,8-9H2. The number of aliphatic hydroxyl groups is 1. The van der Waals surface area contributed by atoms with Gasteiger partial charge in [0.15, 0.2) is 0 Å². The van der Waals surface area contributed by atoms with E-state index in [0.29, 0.717) is 12.5 Å². The van der Waals surface area contributed by atoms with Crippen LogP contribution >= 0.6 is 15.9 Å². The maximum atomic E-state index is 9.17. The molecule has 0 spiro atoms. The van der Waals surface area contributed by atoms with Crippen LogP contribution in [0.15, 0.2) is 28.7 Å². The predicted molar refractivity (Wildman–Crippen MR) is 66.2 cm³/mol. The summed E-state index contributed by atoms with van der Waals surface area (Å²) in [5.74, 6) is 0.442. The first-order chi connectivity index (χ1) is 7.29. The van der Waals surface area contributed by atoms with E-state index >= 15 is 0 Å². The van der Waals surface area contributed by atoms with E-state index in [-0.39, 0.29) is 0 Å². The number of nitrogens with zero attached hydrogens (tertiary/aromatic N) is 1. The largest absolute Gasteiger partial charge is 0.396 e. The summed E-state index contributed by atoms with van der Waals surface area (Å²) in [7, 11) is 0. The van der Waals surface area contributed by atoms with Crippen molar-refractivity contribution in [2.75, 3.05) is 24.6 Å². The quantitative estimate of drug-likeness (QED) is 0.893. The molecule has 2 nitrogen and oxygen atoms in total. The van der Waals surface area contributed by atoms with Gasteiger partial charge in [0.05, 0.1) is 0 Å². The molecule has 0 saturated carbocycles. The second-order valence-corrected chi connectivity index (χ2v) is 5.03. The van der Waals surface area contributed by atoms with Crippen molar-refractivity contribution in [3.8, 4) is 0 Å². The number of hydrogen-bond acceptors (Lipinski definition) is 2. The number of aliphatic hydroxyl groups excluding tert-OH is 1. The van der Waals surface area contributed by atoms with E-state index in [1.165, 1.54) is 12.1 Å². The zero-order chi connectivity index (χ0) is 10.7. The van der Waals surface area contributed by atoms with Crippen molar-refractivity contribution in [1.29, 1.82) is 0 Å². The van der Waals surface area contributed by atoms with Crippen LogP contribution in [0, 0.1) is 5.92 Å². The Labute approximate surface area is 99.0 Å². The van der Waals surface area contributed by atoms with E-state index in [9.17, 15) is 5.11 Å². The number of piperidine rings is 1. The Morgan fingerprint density at radius 3 is 3.07 bits per heavy atom. The SMILES string of the molecule is OCC1CCCN(c2cccc(Br)c2)C1. The van der Waals surface area contributed by atoms with E-state index in [1.807, 2.05) is 6.07 Å². The number of anilines is 1. The van der Waals surface area contributed by atoms with Gasteiger partial charge in [-0.2, -0.15) is 0 Å². The highest BCUT2D eigenvalue weighted by molar-refractivity contribution is 9.10. The average Bonchev–Trinajstić information content (AvgIpc) is 2.29. The molecule has 0 amide bonds. The molecular formula is C12H16BrNO. The number of benzene rings is 1. The Balaban J connectivity index is 2.09. The molecule has 1 fully saturated rings. The summed E-state index contributed by atoms with van der Waals surface area (Å²) in [6.07, 6.45) is 2.33. The van der Waals surface area contributed by atoms with Gasteiger partial charge in [0.25, 0.3) is 0 Å². The minimum Gasteiger partial charge on any atom is -0.396 e. The van der Waals surface area contributed by atoms with Crippen LogP contribution < -0.4 is 4.90 Å². The normalized spacial score (nSPS) is 21.7. The van der Waals surface area contributed by atoms with Gasteiger partial charge in [0.2, 0.25) is 0 Å². The molecular weight excluding hydrogens is 254 g/mol. The van der Waals surface area contributed by atoms with Crippen LogP contribution in [-0.2, 0) is 0 Å². The van der Waals surface area contributed by atoms with Crippen molar-refractivity contribution in [2.24, 2.45) is 5.92 Å². The smallest absolute Gasteiger partial charge is 0.0476 e. The van der Waals surface area contributed by atoms with Gasteiger partial charge in [-0.25, -0.2) is 0 Å². The van der Waals surface area contributed by atoms with Crippen LogP contribution in [0.3, 0.4) is 0 Å². The molecule has 1 unspecified atom stereocenters. The van der Waals surface area contributed by atoms with E-state index in [1.54, 1.807) is 0 Å². The summed E-state index contributed by atoms with van der Waals surface area (Å²) in [6.45, 7) is 2.39. The molecule has 82 valence electrons. The topological polar surface area (TPSA) is 23.5 Å². The first-order valence-electron chi connectivity index (χ1n) is 5.41. The second kappa shape index (κ2) is 4.99. The van der Waals surface area contributed by atoms with Gasteiger partial charge in [-0.1, -0.05) is 22.0 Å². The lowest BCUT2D eigenvalue weighted by molar-refractivity contribution is 0.209. The summed E-state index contributed by atoms with van der Waals surface area (Å²) in [5.41, 5.74) is 1.25. The van der Waals surface area contributed by atoms with Gasteiger partial charge in [-0.05, 0) is 37.0 Å². The van der Waals surface area contributed by atoms with Crippen molar-refractivity contribution < 1.29 is 5.11 Å². The summed E-state index contributed by atoms with van der Waals surface area (Å²) in [4.78, 5) is 2.36. The highest BCUT2D eigenvalue weighted by Crippen LogP contribution is 2.25. The van der Waals surface area contributed by atoms with Crippen molar-refractivity contribution in [3.63, 3.8) is 0 Å². The lowest BCUT2D eigenvalue weighted by atomic mass is 9.98.